The number of imidazole rings is 1. The fourth-order valence-electron chi connectivity index (χ4n) is 4.59. The average Bonchev–Trinajstić information content (AvgIpc) is 3.26. The van der Waals surface area contributed by atoms with Gasteiger partial charge in [-0.3, -0.25) is 24.7 Å². The van der Waals surface area contributed by atoms with E-state index in [1.54, 1.807) is 24.3 Å². The van der Waals surface area contributed by atoms with Crippen LogP contribution in [0.2, 0.25) is 0 Å². The number of hydrogen-bond acceptors (Lipinski definition) is 7. The summed E-state index contributed by atoms with van der Waals surface area (Å²) in [6.07, 6.45) is -0.667. The number of aromatic nitrogens is 2. The standard InChI is InChI=1S/C26H31N7O5/c27-24(28)16-1-3-17(4-2-16)25-31-23-19(15-22(36)37)18(26(38)30-8-7-21(34)35)5-6-20(23)33(25)14-13-32-11-9-29-10-12-32/h1-6,29H,7-15H2,(H3,27,28)(H,30,38)(H,34,35)(H,36,37). The lowest BCUT2D eigenvalue weighted by Crippen LogP contribution is -2.44. The van der Waals surface area contributed by atoms with E-state index in [-0.39, 0.29) is 29.9 Å². The molecule has 2 aromatic carbocycles. The maximum absolute atomic E-state index is 12.9. The number of piperazine rings is 1. The van der Waals surface area contributed by atoms with Crippen LogP contribution in [0.3, 0.4) is 0 Å². The lowest BCUT2D eigenvalue weighted by atomic mass is 10.0. The van der Waals surface area contributed by atoms with Crippen molar-refractivity contribution < 1.29 is 24.6 Å². The number of nitrogens with two attached hydrogens (primary N) is 1. The number of benzene rings is 2. The second-order valence-corrected chi connectivity index (χ2v) is 9.10. The predicted octanol–water partition coefficient (Wildman–Crippen LogP) is 0.724. The maximum Gasteiger partial charge on any atom is 0.307 e. The molecule has 1 saturated heterocycles. The van der Waals surface area contributed by atoms with Crippen molar-refractivity contribution in [2.75, 3.05) is 39.3 Å². The van der Waals surface area contributed by atoms with Crippen LogP contribution in [0.1, 0.15) is 27.9 Å². The first-order valence-corrected chi connectivity index (χ1v) is 12.4. The number of rotatable bonds is 11. The van der Waals surface area contributed by atoms with Crippen molar-refractivity contribution in [1.82, 2.24) is 25.1 Å². The molecule has 0 spiro atoms. The fraction of sp³-hybridized carbons (Fsp3) is 0.346. The topological polar surface area (TPSA) is 187 Å². The molecule has 1 amide bonds. The van der Waals surface area contributed by atoms with Crippen LogP contribution in [0, 0.1) is 5.41 Å². The number of hydrogen-bond donors (Lipinski definition) is 6. The van der Waals surface area contributed by atoms with Gasteiger partial charge in [-0.05, 0) is 12.1 Å². The van der Waals surface area contributed by atoms with Gasteiger partial charge < -0.3 is 31.1 Å². The number of amides is 1. The third-order valence-corrected chi connectivity index (χ3v) is 6.53. The Labute approximate surface area is 219 Å². The molecule has 1 aliphatic heterocycles. The van der Waals surface area contributed by atoms with E-state index in [2.05, 4.69) is 15.5 Å². The van der Waals surface area contributed by atoms with Gasteiger partial charge in [0.25, 0.3) is 5.91 Å². The van der Waals surface area contributed by atoms with Crippen LogP contribution in [0.5, 0.6) is 0 Å². The zero-order valence-corrected chi connectivity index (χ0v) is 20.9. The van der Waals surface area contributed by atoms with Crippen LogP contribution < -0.4 is 16.4 Å². The molecule has 12 nitrogen and oxygen atoms in total. The van der Waals surface area contributed by atoms with Crippen molar-refractivity contribution in [3.05, 3.63) is 53.1 Å². The molecule has 12 heteroatoms. The van der Waals surface area contributed by atoms with E-state index >= 15 is 0 Å². The number of nitrogens with zero attached hydrogens (tertiary/aromatic N) is 3. The molecule has 2 heterocycles. The van der Waals surface area contributed by atoms with Gasteiger partial charge in [0.2, 0.25) is 0 Å². The summed E-state index contributed by atoms with van der Waals surface area (Å²) in [6, 6.07) is 10.4. The molecule has 200 valence electrons. The van der Waals surface area contributed by atoms with E-state index in [0.29, 0.717) is 29.0 Å². The van der Waals surface area contributed by atoms with Crippen LogP contribution in [0.25, 0.3) is 22.4 Å². The van der Waals surface area contributed by atoms with Crippen molar-refractivity contribution in [2.24, 2.45) is 5.73 Å². The summed E-state index contributed by atoms with van der Waals surface area (Å²) in [5.41, 5.74) is 8.47. The lowest BCUT2D eigenvalue weighted by Gasteiger charge is -2.27. The summed E-state index contributed by atoms with van der Waals surface area (Å²) < 4.78 is 2.03. The molecule has 0 atom stereocenters. The molecule has 38 heavy (non-hydrogen) atoms. The molecule has 4 rings (SSSR count). The quantitative estimate of drug-likeness (QED) is 0.156. The number of carbonyl (C=O) groups excluding carboxylic acids is 1. The zero-order chi connectivity index (χ0) is 27.2. The van der Waals surface area contributed by atoms with Gasteiger partial charge >= 0.3 is 11.9 Å². The van der Waals surface area contributed by atoms with Crippen LogP contribution >= 0.6 is 0 Å². The maximum atomic E-state index is 12.9. The monoisotopic (exact) mass is 521 g/mol. The average molecular weight is 522 g/mol. The third kappa shape index (κ3) is 6.15. The van der Waals surface area contributed by atoms with Crippen molar-refractivity contribution in [2.45, 2.75) is 19.4 Å². The highest BCUT2D eigenvalue weighted by molar-refractivity contribution is 6.02. The Kier molecular flexibility index (Phi) is 8.34. The van der Waals surface area contributed by atoms with Gasteiger partial charge in [0, 0.05) is 68.1 Å². The number of fused-ring (bicyclic) bond motifs is 1. The number of nitrogen functional groups attached to an aromatic ring is 1. The molecule has 0 bridgehead atoms. The fourth-order valence-corrected chi connectivity index (χ4v) is 4.59. The minimum atomic E-state index is -1.11. The third-order valence-electron chi connectivity index (χ3n) is 6.53. The van der Waals surface area contributed by atoms with E-state index in [1.807, 2.05) is 16.7 Å². The van der Waals surface area contributed by atoms with Gasteiger partial charge in [0.1, 0.15) is 11.7 Å². The molecule has 3 aromatic rings. The van der Waals surface area contributed by atoms with E-state index < -0.39 is 24.3 Å². The zero-order valence-electron chi connectivity index (χ0n) is 20.9. The first-order valence-electron chi connectivity index (χ1n) is 12.4. The summed E-state index contributed by atoms with van der Waals surface area (Å²) in [4.78, 5) is 42.7. The molecular formula is C26H31N7O5. The van der Waals surface area contributed by atoms with Crippen LogP contribution in [0.4, 0.5) is 0 Å². The van der Waals surface area contributed by atoms with E-state index in [0.717, 1.165) is 38.3 Å². The van der Waals surface area contributed by atoms with Crippen molar-refractivity contribution in [3.8, 4) is 11.4 Å². The van der Waals surface area contributed by atoms with Crippen LogP contribution in [-0.4, -0.2) is 87.6 Å². The lowest BCUT2D eigenvalue weighted by molar-refractivity contribution is -0.137. The van der Waals surface area contributed by atoms with Gasteiger partial charge in [-0.2, -0.15) is 0 Å². The number of carboxylic acid groups (broad SMARTS) is 2. The van der Waals surface area contributed by atoms with Gasteiger partial charge in [0.05, 0.1) is 23.9 Å². The van der Waals surface area contributed by atoms with Crippen molar-refractivity contribution >= 4 is 34.7 Å². The Hall–Kier alpha value is -4.29. The molecular weight excluding hydrogens is 490 g/mol. The summed E-state index contributed by atoms with van der Waals surface area (Å²) in [5.74, 6) is -2.14. The Bertz CT molecular complexity index is 1360. The first kappa shape index (κ1) is 26.8. The van der Waals surface area contributed by atoms with E-state index in [1.165, 1.54) is 0 Å². The predicted molar refractivity (Wildman–Crippen MR) is 141 cm³/mol. The Morgan fingerprint density at radius 1 is 1.03 bits per heavy atom. The van der Waals surface area contributed by atoms with Gasteiger partial charge in [0.15, 0.2) is 0 Å². The largest absolute Gasteiger partial charge is 0.481 e. The highest BCUT2D eigenvalue weighted by Crippen LogP contribution is 2.30. The molecule has 1 aromatic heterocycles. The van der Waals surface area contributed by atoms with E-state index in [9.17, 15) is 19.5 Å². The van der Waals surface area contributed by atoms with Crippen molar-refractivity contribution in [1.29, 1.82) is 5.41 Å². The van der Waals surface area contributed by atoms with Gasteiger partial charge in [-0.25, -0.2) is 4.98 Å². The second kappa shape index (κ2) is 11.8. The summed E-state index contributed by atoms with van der Waals surface area (Å²) >= 11 is 0. The van der Waals surface area contributed by atoms with Crippen LogP contribution in [-0.2, 0) is 22.6 Å². The molecule has 7 N–H and O–H groups in total. The first-order chi connectivity index (χ1) is 18.2. The second-order valence-electron chi connectivity index (χ2n) is 9.10. The number of nitrogens with one attached hydrogen (secondary N) is 3. The molecule has 1 aliphatic rings. The summed E-state index contributed by atoms with van der Waals surface area (Å²) in [7, 11) is 0. The summed E-state index contributed by atoms with van der Waals surface area (Å²) in [6.45, 7) is 4.93. The van der Waals surface area contributed by atoms with Gasteiger partial charge in [-0.15, -0.1) is 0 Å². The molecule has 1 fully saturated rings. The normalized spacial score (nSPS) is 13.9. The number of aliphatic carboxylic acids is 2. The Balaban J connectivity index is 1.79. The molecule has 0 saturated carbocycles. The minimum absolute atomic E-state index is 0.0499. The Morgan fingerprint density at radius 2 is 1.74 bits per heavy atom. The molecule has 0 radical (unpaired) electrons. The van der Waals surface area contributed by atoms with Crippen LogP contribution in [0.15, 0.2) is 36.4 Å². The highest BCUT2D eigenvalue weighted by Gasteiger charge is 2.23. The van der Waals surface area contributed by atoms with Gasteiger partial charge in [-0.1, -0.05) is 24.3 Å². The summed E-state index contributed by atoms with van der Waals surface area (Å²) in [5, 5.41) is 32.1. The van der Waals surface area contributed by atoms with E-state index in [4.69, 9.17) is 21.2 Å². The number of carboxylic acids is 2. The molecule has 0 unspecified atom stereocenters. The molecule has 0 aliphatic carbocycles. The highest BCUT2D eigenvalue weighted by atomic mass is 16.4. The SMILES string of the molecule is N=C(N)c1ccc(-c2nc3c(CC(=O)O)c(C(=O)NCCC(=O)O)ccc3n2CCN2CCNCC2)cc1. The minimum Gasteiger partial charge on any atom is -0.481 e. The van der Waals surface area contributed by atoms with Crippen molar-refractivity contribution in [3.63, 3.8) is 0 Å². The number of amidine groups is 1. The Morgan fingerprint density at radius 3 is 2.37 bits per heavy atom. The smallest absolute Gasteiger partial charge is 0.307 e. The number of carbonyl (C=O) groups is 3.